The van der Waals surface area contributed by atoms with Gasteiger partial charge in [-0.15, -0.1) is 0 Å². The molecule has 0 bridgehead atoms. The Kier molecular flexibility index (Phi) is 6.27. The molecule has 170 valence electrons. The maximum absolute atomic E-state index is 13.1. The van der Waals surface area contributed by atoms with Gasteiger partial charge in [0.15, 0.2) is 15.7 Å². The van der Waals surface area contributed by atoms with Gasteiger partial charge in [-0.1, -0.05) is 17.3 Å². The van der Waals surface area contributed by atoms with E-state index >= 15 is 0 Å². The summed E-state index contributed by atoms with van der Waals surface area (Å²) < 4.78 is 43.6. The van der Waals surface area contributed by atoms with E-state index in [4.69, 9.17) is 4.52 Å². The largest absolute Gasteiger partial charge is 0.392 e. The topological polar surface area (TPSA) is 99.8 Å². The second kappa shape index (κ2) is 8.97. The summed E-state index contributed by atoms with van der Waals surface area (Å²) in [6.45, 7) is 1.03. The highest BCUT2D eigenvalue weighted by molar-refractivity contribution is 7.90. The first-order valence-corrected chi connectivity index (χ1v) is 11.9. The molecule has 2 unspecified atom stereocenters. The summed E-state index contributed by atoms with van der Waals surface area (Å²) in [6.07, 6.45) is -0.123. The summed E-state index contributed by atoms with van der Waals surface area (Å²) in [5.41, 5.74) is 2.17. The molecule has 1 fully saturated rings. The summed E-state index contributed by atoms with van der Waals surface area (Å²) >= 11 is 0. The van der Waals surface area contributed by atoms with Crippen molar-refractivity contribution in [3.05, 3.63) is 71.6 Å². The van der Waals surface area contributed by atoms with Crippen molar-refractivity contribution in [3.63, 3.8) is 0 Å². The predicted octanol–water partition coefficient (Wildman–Crippen LogP) is 2.56. The van der Waals surface area contributed by atoms with Crippen LogP contribution in [0.25, 0.3) is 0 Å². The van der Waals surface area contributed by atoms with Crippen LogP contribution in [0.5, 0.6) is 0 Å². The van der Waals surface area contributed by atoms with Crippen LogP contribution in [0.3, 0.4) is 0 Å². The molecule has 4 rings (SSSR count). The third-order valence-corrected chi connectivity index (χ3v) is 7.11. The Morgan fingerprint density at radius 2 is 1.84 bits per heavy atom. The zero-order chi connectivity index (χ0) is 22.9. The average molecular weight is 461 g/mol. The van der Waals surface area contributed by atoms with Crippen LogP contribution in [0.4, 0.5) is 10.1 Å². The van der Waals surface area contributed by atoms with Crippen molar-refractivity contribution >= 4 is 15.5 Å². The monoisotopic (exact) mass is 460 g/mol. The van der Waals surface area contributed by atoms with E-state index in [1.807, 2.05) is 48.2 Å². The van der Waals surface area contributed by atoms with Crippen LogP contribution in [0.15, 0.2) is 57.9 Å². The van der Waals surface area contributed by atoms with Crippen molar-refractivity contribution in [3.8, 4) is 0 Å². The van der Waals surface area contributed by atoms with E-state index in [2.05, 4.69) is 10.1 Å². The van der Waals surface area contributed by atoms with E-state index in [1.54, 1.807) is 0 Å². The molecule has 1 aliphatic rings. The molecule has 32 heavy (non-hydrogen) atoms. The van der Waals surface area contributed by atoms with Gasteiger partial charge >= 0.3 is 0 Å². The molecule has 1 saturated heterocycles. The Bertz CT molecular complexity index is 1160. The van der Waals surface area contributed by atoms with Crippen LogP contribution in [0.1, 0.15) is 29.7 Å². The highest BCUT2D eigenvalue weighted by Gasteiger charge is 2.36. The fourth-order valence-corrected chi connectivity index (χ4v) is 4.98. The van der Waals surface area contributed by atoms with Gasteiger partial charge in [0, 0.05) is 32.9 Å². The van der Waals surface area contributed by atoms with Gasteiger partial charge in [0.2, 0.25) is 5.89 Å². The molecule has 0 saturated carbocycles. The summed E-state index contributed by atoms with van der Waals surface area (Å²) in [7, 11) is 0.212. The number of aromatic nitrogens is 2. The Morgan fingerprint density at radius 3 is 2.50 bits per heavy atom. The van der Waals surface area contributed by atoms with Crippen molar-refractivity contribution in [1.29, 1.82) is 0 Å². The predicted molar refractivity (Wildman–Crippen MR) is 116 cm³/mol. The van der Waals surface area contributed by atoms with Crippen molar-refractivity contribution in [2.45, 2.75) is 35.8 Å². The number of anilines is 1. The lowest BCUT2D eigenvalue weighted by atomic mass is 10.1. The molecule has 3 aromatic rings. The van der Waals surface area contributed by atoms with Gasteiger partial charge in [-0.05, 0) is 48.4 Å². The van der Waals surface area contributed by atoms with E-state index in [0.717, 1.165) is 23.4 Å². The molecule has 1 aromatic heterocycles. The minimum absolute atomic E-state index is 0.00987. The van der Waals surface area contributed by atoms with Crippen molar-refractivity contribution in [2.24, 2.45) is 0 Å². The molecular weight excluding hydrogens is 435 g/mol. The number of rotatable bonds is 7. The Balaban J connectivity index is 1.48. The molecule has 8 nitrogen and oxygen atoms in total. The minimum atomic E-state index is -3.74. The fourth-order valence-electron chi connectivity index (χ4n) is 3.80. The molecule has 10 heteroatoms. The highest BCUT2D eigenvalue weighted by atomic mass is 32.2. The number of halogens is 1. The zero-order valence-electron chi connectivity index (χ0n) is 17.8. The second-order valence-electron chi connectivity index (χ2n) is 8.16. The highest BCUT2D eigenvalue weighted by Crippen LogP contribution is 2.33. The Labute approximate surface area is 186 Å². The zero-order valence-corrected chi connectivity index (χ0v) is 18.7. The number of aliphatic hydroxyl groups is 1. The van der Waals surface area contributed by atoms with Crippen molar-refractivity contribution < 1.29 is 22.4 Å². The molecule has 2 aromatic carbocycles. The maximum atomic E-state index is 13.1. The van der Waals surface area contributed by atoms with Crippen LogP contribution in [-0.2, 0) is 22.1 Å². The standard InChI is InChI=1S/C22H25FN4O4S/c1-26(2)17-7-3-15(4-8-17)12-27-13-18(28)11-20(27)22-24-21(25-31-22)14-32(29,30)19-9-5-16(23)6-10-19/h3-10,18,20,28H,11-14H2,1-2H3. The molecule has 2 heterocycles. The normalized spacial score (nSPS) is 19.4. The quantitative estimate of drug-likeness (QED) is 0.537. The number of benzene rings is 2. The van der Waals surface area contributed by atoms with Crippen LogP contribution in [-0.4, -0.2) is 55.3 Å². The molecule has 2 atom stereocenters. The lowest BCUT2D eigenvalue weighted by Crippen LogP contribution is -2.24. The van der Waals surface area contributed by atoms with E-state index in [1.165, 1.54) is 12.1 Å². The summed E-state index contributed by atoms with van der Waals surface area (Å²) in [6, 6.07) is 12.4. The molecule has 0 aliphatic carbocycles. The third kappa shape index (κ3) is 4.98. The third-order valence-electron chi connectivity index (χ3n) is 5.48. The van der Waals surface area contributed by atoms with Crippen LogP contribution in [0.2, 0.25) is 0 Å². The van der Waals surface area contributed by atoms with E-state index in [0.29, 0.717) is 19.5 Å². The van der Waals surface area contributed by atoms with Gasteiger partial charge in [-0.25, -0.2) is 12.8 Å². The van der Waals surface area contributed by atoms with Gasteiger partial charge in [-0.2, -0.15) is 4.98 Å². The number of hydrogen-bond acceptors (Lipinski definition) is 8. The van der Waals surface area contributed by atoms with Gasteiger partial charge in [0.1, 0.15) is 11.6 Å². The maximum Gasteiger partial charge on any atom is 0.244 e. The number of β-amino-alcohol motifs (C(OH)–C–C–N with tert-alkyl or cyclic N) is 1. The Morgan fingerprint density at radius 1 is 1.16 bits per heavy atom. The lowest BCUT2D eigenvalue weighted by Gasteiger charge is -2.21. The first-order valence-electron chi connectivity index (χ1n) is 10.2. The van der Waals surface area contributed by atoms with Gasteiger partial charge in [-0.3, -0.25) is 4.90 Å². The molecule has 0 spiro atoms. The fraction of sp³-hybridized carbons (Fsp3) is 0.364. The van der Waals surface area contributed by atoms with Crippen molar-refractivity contribution in [2.75, 3.05) is 25.5 Å². The number of likely N-dealkylation sites (tertiary alicyclic amines) is 1. The van der Waals surface area contributed by atoms with Gasteiger partial charge in [0.25, 0.3) is 0 Å². The number of aliphatic hydroxyl groups excluding tert-OH is 1. The first kappa shape index (κ1) is 22.4. The Hall–Kier alpha value is -2.82. The molecule has 0 amide bonds. The number of sulfone groups is 1. The van der Waals surface area contributed by atoms with E-state index < -0.39 is 27.5 Å². The van der Waals surface area contributed by atoms with Crippen LogP contribution in [0, 0.1) is 5.82 Å². The smallest absolute Gasteiger partial charge is 0.244 e. The number of nitrogens with zero attached hydrogens (tertiary/aromatic N) is 4. The van der Waals surface area contributed by atoms with Crippen LogP contribution >= 0.6 is 0 Å². The van der Waals surface area contributed by atoms with Gasteiger partial charge in [0.05, 0.1) is 17.0 Å². The molecular formula is C22H25FN4O4S. The summed E-state index contributed by atoms with van der Waals surface area (Å²) in [5.74, 6) is -0.664. The SMILES string of the molecule is CN(C)c1ccc(CN2CC(O)CC2c2nc(CS(=O)(=O)c3ccc(F)cc3)no2)cc1. The van der Waals surface area contributed by atoms with E-state index in [9.17, 15) is 17.9 Å². The molecule has 1 aliphatic heterocycles. The van der Waals surface area contributed by atoms with Crippen LogP contribution < -0.4 is 4.90 Å². The number of hydrogen-bond donors (Lipinski definition) is 1. The van der Waals surface area contributed by atoms with Gasteiger partial charge < -0.3 is 14.5 Å². The second-order valence-corrected chi connectivity index (χ2v) is 10.1. The first-order chi connectivity index (χ1) is 15.2. The molecule has 0 radical (unpaired) electrons. The summed E-state index contributed by atoms with van der Waals surface area (Å²) in [5, 5.41) is 14.1. The summed E-state index contributed by atoms with van der Waals surface area (Å²) in [4.78, 5) is 8.35. The average Bonchev–Trinajstić information content (AvgIpc) is 3.34. The molecule has 1 N–H and O–H groups in total. The van der Waals surface area contributed by atoms with E-state index in [-0.39, 0.29) is 22.7 Å². The minimum Gasteiger partial charge on any atom is -0.392 e. The lowest BCUT2D eigenvalue weighted by molar-refractivity contribution is 0.169. The van der Waals surface area contributed by atoms with Crippen molar-refractivity contribution in [1.82, 2.24) is 15.0 Å².